The number of carbonyl (C=O) groups is 2. The lowest BCUT2D eigenvalue weighted by molar-refractivity contribution is -0.384. The molecule has 0 aliphatic carbocycles. The van der Waals surface area contributed by atoms with Crippen molar-refractivity contribution in [3.05, 3.63) is 75.8 Å². The molecule has 0 aromatic heterocycles. The molecule has 124 valence electrons. The fourth-order valence-corrected chi connectivity index (χ4v) is 1.96. The van der Waals surface area contributed by atoms with Gasteiger partial charge in [-0.3, -0.25) is 10.1 Å². The summed E-state index contributed by atoms with van der Waals surface area (Å²) in [7, 11) is 0. The maximum absolute atomic E-state index is 11.8. The third-order valence-corrected chi connectivity index (χ3v) is 3.16. The van der Waals surface area contributed by atoms with E-state index in [0.29, 0.717) is 0 Å². The zero-order valence-electron chi connectivity index (χ0n) is 12.4. The Kier molecular flexibility index (Phi) is 5.45. The van der Waals surface area contributed by atoms with Gasteiger partial charge in [0.15, 0.2) is 6.04 Å². The zero-order chi connectivity index (χ0) is 17.5. The second-order valence-electron chi connectivity index (χ2n) is 4.83. The molecule has 2 N–H and O–H groups in total. The number of hydrogen-bond donors (Lipinski definition) is 2. The van der Waals surface area contributed by atoms with E-state index in [-0.39, 0.29) is 17.9 Å². The number of nitrogens with zero attached hydrogens (tertiary/aromatic N) is 1. The third-order valence-electron chi connectivity index (χ3n) is 3.16. The molecule has 2 aromatic rings. The number of rotatable bonds is 6. The lowest BCUT2D eigenvalue weighted by atomic mass is 10.1. The van der Waals surface area contributed by atoms with Crippen molar-refractivity contribution in [3.63, 3.8) is 0 Å². The van der Waals surface area contributed by atoms with Gasteiger partial charge in [-0.1, -0.05) is 30.3 Å². The predicted molar refractivity (Wildman–Crippen MR) is 83.2 cm³/mol. The summed E-state index contributed by atoms with van der Waals surface area (Å²) >= 11 is 0. The summed E-state index contributed by atoms with van der Waals surface area (Å²) in [6, 6.07) is 12.4. The summed E-state index contributed by atoms with van der Waals surface area (Å²) in [6.45, 7) is -0.000720. The Morgan fingerprint density at radius 3 is 2.29 bits per heavy atom. The number of nitro groups is 1. The second kappa shape index (κ2) is 7.73. The minimum absolute atomic E-state index is 0.000720. The Morgan fingerprint density at radius 1 is 1.12 bits per heavy atom. The van der Waals surface area contributed by atoms with Crippen molar-refractivity contribution in [1.29, 1.82) is 0 Å². The molecule has 0 fully saturated rings. The van der Waals surface area contributed by atoms with Crippen LogP contribution in [0.4, 0.5) is 10.5 Å². The Balaban J connectivity index is 2.01. The number of carbonyl (C=O) groups excluding carboxylic acids is 1. The largest absolute Gasteiger partial charge is 0.479 e. The number of nitro benzene ring substituents is 1. The fourth-order valence-electron chi connectivity index (χ4n) is 1.96. The van der Waals surface area contributed by atoms with E-state index >= 15 is 0 Å². The third kappa shape index (κ3) is 4.54. The molecule has 24 heavy (non-hydrogen) atoms. The summed E-state index contributed by atoms with van der Waals surface area (Å²) in [4.78, 5) is 33.1. The van der Waals surface area contributed by atoms with E-state index in [1.807, 2.05) is 6.07 Å². The lowest BCUT2D eigenvalue weighted by Gasteiger charge is -2.15. The normalized spacial score (nSPS) is 11.3. The number of aliphatic carboxylic acids is 1. The van der Waals surface area contributed by atoms with Crippen molar-refractivity contribution in [3.8, 4) is 0 Å². The van der Waals surface area contributed by atoms with Gasteiger partial charge < -0.3 is 15.2 Å². The second-order valence-corrected chi connectivity index (χ2v) is 4.83. The number of carboxylic acid groups (broad SMARTS) is 1. The maximum atomic E-state index is 11.8. The first-order valence-electron chi connectivity index (χ1n) is 6.92. The van der Waals surface area contributed by atoms with Crippen LogP contribution in [0.15, 0.2) is 54.6 Å². The summed E-state index contributed by atoms with van der Waals surface area (Å²) in [6.07, 6.45) is -0.899. The maximum Gasteiger partial charge on any atom is 0.408 e. The van der Waals surface area contributed by atoms with Crippen molar-refractivity contribution >= 4 is 17.7 Å². The number of alkyl carbamates (subject to hydrolysis) is 1. The predicted octanol–water partition coefficient (Wildman–Crippen LogP) is 2.65. The van der Waals surface area contributed by atoms with Crippen molar-refractivity contribution in [1.82, 2.24) is 5.32 Å². The Bertz CT molecular complexity index is 730. The van der Waals surface area contributed by atoms with Crippen molar-refractivity contribution in [2.75, 3.05) is 0 Å². The average molecular weight is 330 g/mol. The highest BCUT2D eigenvalue weighted by atomic mass is 16.6. The number of non-ortho nitro benzene ring substituents is 1. The number of amides is 1. The standard InChI is InChI=1S/C16H14N2O6/c19-15(20)14(12-6-8-13(9-7-12)18(22)23)17-16(21)24-10-11-4-2-1-3-5-11/h1-9,14H,10H2,(H,17,21)(H,19,20)/t14-/m0/s1. The molecular formula is C16H14N2O6. The van der Waals surface area contributed by atoms with Crippen LogP contribution in [-0.2, 0) is 16.1 Å². The van der Waals surface area contributed by atoms with Crippen LogP contribution in [0.25, 0.3) is 0 Å². The van der Waals surface area contributed by atoms with E-state index in [1.54, 1.807) is 24.3 Å². The molecule has 8 nitrogen and oxygen atoms in total. The van der Waals surface area contributed by atoms with Gasteiger partial charge in [0.2, 0.25) is 0 Å². The molecule has 0 saturated carbocycles. The summed E-state index contributed by atoms with van der Waals surface area (Å²) < 4.78 is 4.97. The van der Waals surface area contributed by atoms with E-state index in [9.17, 15) is 24.8 Å². The first-order valence-corrected chi connectivity index (χ1v) is 6.92. The van der Waals surface area contributed by atoms with Gasteiger partial charge in [0.25, 0.3) is 5.69 Å². The molecule has 0 heterocycles. The molecule has 0 spiro atoms. The van der Waals surface area contributed by atoms with Gasteiger partial charge in [-0.25, -0.2) is 9.59 Å². The van der Waals surface area contributed by atoms with Crippen molar-refractivity contribution < 1.29 is 24.4 Å². The molecule has 1 amide bonds. The van der Waals surface area contributed by atoms with Gasteiger partial charge in [0.1, 0.15) is 6.61 Å². The molecule has 0 saturated heterocycles. The molecular weight excluding hydrogens is 316 g/mol. The molecule has 0 bridgehead atoms. The molecule has 0 unspecified atom stereocenters. The molecule has 0 aliphatic heterocycles. The van der Waals surface area contributed by atoms with Crippen molar-refractivity contribution in [2.24, 2.45) is 0 Å². The van der Waals surface area contributed by atoms with Crippen LogP contribution >= 0.6 is 0 Å². The van der Waals surface area contributed by atoms with Gasteiger partial charge in [0, 0.05) is 12.1 Å². The van der Waals surface area contributed by atoms with E-state index in [0.717, 1.165) is 5.56 Å². The van der Waals surface area contributed by atoms with Gasteiger partial charge in [-0.2, -0.15) is 0 Å². The molecule has 1 atom stereocenters. The van der Waals surface area contributed by atoms with Crippen LogP contribution in [0.1, 0.15) is 17.2 Å². The summed E-state index contributed by atoms with van der Waals surface area (Å²) in [5, 5.41) is 22.1. The van der Waals surface area contributed by atoms with Crippen molar-refractivity contribution in [2.45, 2.75) is 12.6 Å². The first-order chi connectivity index (χ1) is 11.5. The summed E-state index contributed by atoms with van der Waals surface area (Å²) in [5.41, 5.74) is 0.786. The Morgan fingerprint density at radius 2 is 1.75 bits per heavy atom. The summed E-state index contributed by atoms with van der Waals surface area (Å²) in [5.74, 6) is -1.31. The molecule has 0 aliphatic rings. The highest BCUT2D eigenvalue weighted by Gasteiger charge is 2.23. The minimum Gasteiger partial charge on any atom is -0.479 e. The average Bonchev–Trinajstić information content (AvgIpc) is 2.58. The van der Waals surface area contributed by atoms with Gasteiger partial charge in [-0.05, 0) is 23.3 Å². The highest BCUT2D eigenvalue weighted by molar-refractivity contribution is 5.81. The van der Waals surface area contributed by atoms with E-state index in [2.05, 4.69) is 5.32 Å². The van der Waals surface area contributed by atoms with Gasteiger partial charge in [0.05, 0.1) is 4.92 Å². The zero-order valence-corrected chi connectivity index (χ0v) is 12.4. The van der Waals surface area contributed by atoms with Crippen LogP contribution in [0.2, 0.25) is 0 Å². The number of benzene rings is 2. The smallest absolute Gasteiger partial charge is 0.408 e. The van der Waals surface area contributed by atoms with Crippen LogP contribution in [0, 0.1) is 10.1 Å². The van der Waals surface area contributed by atoms with Gasteiger partial charge >= 0.3 is 12.1 Å². The van der Waals surface area contributed by atoms with E-state index in [4.69, 9.17) is 4.74 Å². The topological polar surface area (TPSA) is 119 Å². The first kappa shape index (κ1) is 16.9. The monoisotopic (exact) mass is 330 g/mol. The number of hydrogen-bond acceptors (Lipinski definition) is 5. The van der Waals surface area contributed by atoms with E-state index < -0.39 is 23.0 Å². The number of nitrogens with one attached hydrogen (secondary N) is 1. The number of carboxylic acids is 1. The van der Waals surface area contributed by atoms with Crippen LogP contribution in [-0.4, -0.2) is 22.1 Å². The fraction of sp³-hybridized carbons (Fsp3) is 0.125. The van der Waals surface area contributed by atoms with Gasteiger partial charge in [-0.15, -0.1) is 0 Å². The van der Waals surface area contributed by atoms with Crippen LogP contribution in [0.3, 0.4) is 0 Å². The molecule has 2 aromatic carbocycles. The molecule has 2 rings (SSSR count). The minimum atomic E-state index is -1.37. The SMILES string of the molecule is O=C(N[C@H](C(=O)O)c1ccc([N+](=O)[O-])cc1)OCc1ccccc1. The lowest BCUT2D eigenvalue weighted by Crippen LogP contribution is -2.34. The quantitative estimate of drug-likeness (QED) is 0.621. The number of ether oxygens (including phenoxy) is 1. The highest BCUT2D eigenvalue weighted by Crippen LogP contribution is 2.18. The Hall–Kier alpha value is -3.42. The van der Waals surface area contributed by atoms with E-state index in [1.165, 1.54) is 24.3 Å². The Labute approximate surface area is 136 Å². The van der Waals surface area contributed by atoms with Crippen LogP contribution in [0.5, 0.6) is 0 Å². The van der Waals surface area contributed by atoms with Crippen LogP contribution < -0.4 is 5.32 Å². The molecule has 8 heteroatoms. The molecule has 0 radical (unpaired) electrons.